The van der Waals surface area contributed by atoms with Gasteiger partial charge in [0.1, 0.15) is 6.29 Å². The second kappa shape index (κ2) is 4.19. The van der Waals surface area contributed by atoms with Gasteiger partial charge in [0.2, 0.25) is 0 Å². The van der Waals surface area contributed by atoms with Crippen molar-refractivity contribution in [3.05, 3.63) is 34.3 Å². The zero-order valence-corrected chi connectivity index (χ0v) is 7.97. The van der Waals surface area contributed by atoms with Crippen LogP contribution in [0.3, 0.4) is 0 Å². The molecule has 0 spiro atoms. The Labute approximate surface area is 81.5 Å². The summed E-state index contributed by atoms with van der Waals surface area (Å²) in [6.07, 6.45) is 0.535. The molecule has 1 rings (SSSR count). The van der Waals surface area contributed by atoms with Crippen LogP contribution < -0.4 is 0 Å². The van der Waals surface area contributed by atoms with Crippen LogP contribution >= 0.6 is 11.6 Å². The first-order valence-electron chi connectivity index (χ1n) is 3.88. The quantitative estimate of drug-likeness (QED) is 0.423. The molecule has 3 heteroatoms. The summed E-state index contributed by atoms with van der Waals surface area (Å²) in [7, 11) is 0. The Bertz CT molecular complexity index is 345. The van der Waals surface area contributed by atoms with Gasteiger partial charge in [0.15, 0.2) is 5.78 Å². The summed E-state index contributed by atoms with van der Waals surface area (Å²) in [5.74, 6) is -0.172. The molecule has 0 amide bonds. The van der Waals surface area contributed by atoms with Gasteiger partial charge in [0, 0.05) is 10.6 Å². The van der Waals surface area contributed by atoms with Crippen molar-refractivity contribution in [2.45, 2.75) is 13.3 Å². The lowest BCUT2D eigenvalue weighted by molar-refractivity contribution is -0.107. The van der Waals surface area contributed by atoms with E-state index in [0.717, 1.165) is 5.56 Å². The van der Waals surface area contributed by atoms with Gasteiger partial charge >= 0.3 is 0 Å². The Hall–Kier alpha value is -1.15. The molecule has 68 valence electrons. The minimum absolute atomic E-state index is 0.0684. The van der Waals surface area contributed by atoms with Crippen LogP contribution in [0.4, 0.5) is 0 Å². The number of hydrogen-bond acceptors (Lipinski definition) is 2. The third kappa shape index (κ3) is 2.39. The number of halogens is 1. The summed E-state index contributed by atoms with van der Waals surface area (Å²) in [5, 5.41) is 0.627. The smallest absolute Gasteiger partial charge is 0.169 e. The summed E-state index contributed by atoms with van der Waals surface area (Å²) in [4.78, 5) is 21.3. The Morgan fingerprint density at radius 3 is 2.77 bits per heavy atom. The molecule has 0 saturated carbocycles. The topological polar surface area (TPSA) is 34.1 Å². The molecule has 0 aliphatic rings. The fourth-order valence-corrected chi connectivity index (χ4v) is 1.13. The molecular weight excluding hydrogens is 188 g/mol. The average molecular weight is 197 g/mol. The highest BCUT2D eigenvalue weighted by molar-refractivity contribution is 6.31. The summed E-state index contributed by atoms with van der Waals surface area (Å²) in [5.41, 5.74) is 1.38. The highest BCUT2D eigenvalue weighted by Gasteiger charge is 2.05. The van der Waals surface area contributed by atoms with Crippen LogP contribution in [0.2, 0.25) is 5.02 Å². The second-order valence-electron chi connectivity index (χ2n) is 2.76. The predicted molar refractivity (Wildman–Crippen MR) is 51.2 cm³/mol. The first kappa shape index (κ1) is 9.93. The molecule has 0 radical (unpaired) electrons. The van der Waals surface area contributed by atoms with Crippen LogP contribution in [0.25, 0.3) is 0 Å². The van der Waals surface area contributed by atoms with E-state index >= 15 is 0 Å². The highest BCUT2D eigenvalue weighted by atomic mass is 35.5. The van der Waals surface area contributed by atoms with Crippen molar-refractivity contribution >= 4 is 23.7 Å². The van der Waals surface area contributed by atoms with Crippen LogP contribution in [-0.4, -0.2) is 12.1 Å². The minimum atomic E-state index is -0.172. The van der Waals surface area contributed by atoms with Crippen LogP contribution in [0.15, 0.2) is 18.2 Å². The highest BCUT2D eigenvalue weighted by Crippen LogP contribution is 2.16. The molecular formula is C10H9ClO2. The fraction of sp³-hybridized carbons (Fsp3) is 0.200. The normalized spacial score (nSPS) is 9.69. The summed E-state index contributed by atoms with van der Waals surface area (Å²) >= 11 is 5.78. The number of benzene rings is 1. The summed E-state index contributed by atoms with van der Waals surface area (Å²) in [6.45, 7) is 1.82. The van der Waals surface area contributed by atoms with Crippen LogP contribution in [-0.2, 0) is 4.79 Å². The molecule has 0 fully saturated rings. The van der Waals surface area contributed by atoms with E-state index in [4.69, 9.17) is 11.6 Å². The molecule has 0 saturated heterocycles. The third-order valence-corrected chi connectivity index (χ3v) is 2.17. The van der Waals surface area contributed by atoms with Gasteiger partial charge in [-0.3, -0.25) is 4.79 Å². The van der Waals surface area contributed by atoms with E-state index in [0.29, 0.717) is 16.9 Å². The molecule has 2 nitrogen and oxygen atoms in total. The number of aldehydes is 1. The number of aryl methyl sites for hydroxylation is 1. The second-order valence-corrected chi connectivity index (χ2v) is 3.17. The lowest BCUT2D eigenvalue weighted by Crippen LogP contribution is -1.99. The molecule has 0 aromatic heterocycles. The maximum atomic E-state index is 11.2. The first-order chi connectivity index (χ1) is 6.15. The standard InChI is InChI=1S/C10H9ClO2/c1-7-6-8(2-3-9(7)11)10(13)4-5-12/h2-3,5-6H,4H2,1H3. The number of ketones is 1. The third-order valence-electron chi connectivity index (χ3n) is 1.75. The minimum Gasteiger partial charge on any atom is -0.303 e. The van der Waals surface area contributed by atoms with Gasteiger partial charge in [0.05, 0.1) is 6.42 Å². The number of Topliss-reactive ketones (excluding diaryl/α,β-unsaturated/α-hetero) is 1. The Morgan fingerprint density at radius 2 is 2.23 bits per heavy atom. The molecule has 0 unspecified atom stereocenters. The van der Waals surface area contributed by atoms with Crippen molar-refractivity contribution in [3.8, 4) is 0 Å². The largest absolute Gasteiger partial charge is 0.303 e. The SMILES string of the molecule is Cc1cc(C(=O)CC=O)ccc1Cl. The maximum Gasteiger partial charge on any atom is 0.169 e. The Kier molecular flexibility index (Phi) is 3.20. The number of rotatable bonds is 3. The van der Waals surface area contributed by atoms with E-state index in [-0.39, 0.29) is 12.2 Å². The first-order valence-corrected chi connectivity index (χ1v) is 4.26. The molecule has 0 N–H and O–H groups in total. The van der Waals surface area contributed by atoms with Gasteiger partial charge < -0.3 is 4.79 Å². The Balaban J connectivity index is 2.96. The monoisotopic (exact) mass is 196 g/mol. The van der Waals surface area contributed by atoms with E-state index in [1.165, 1.54) is 0 Å². The van der Waals surface area contributed by atoms with Gasteiger partial charge in [-0.25, -0.2) is 0 Å². The molecule has 0 atom stereocenters. The Morgan fingerprint density at radius 1 is 1.54 bits per heavy atom. The summed E-state index contributed by atoms with van der Waals surface area (Å²) < 4.78 is 0. The van der Waals surface area contributed by atoms with Gasteiger partial charge in [-0.2, -0.15) is 0 Å². The molecule has 0 bridgehead atoms. The summed E-state index contributed by atoms with van der Waals surface area (Å²) in [6, 6.07) is 4.98. The molecule has 0 heterocycles. The van der Waals surface area contributed by atoms with Gasteiger partial charge in [0.25, 0.3) is 0 Å². The van der Waals surface area contributed by atoms with Gasteiger partial charge in [-0.15, -0.1) is 0 Å². The zero-order chi connectivity index (χ0) is 9.84. The number of carbonyl (C=O) groups is 2. The van der Waals surface area contributed by atoms with Crippen molar-refractivity contribution in [1.29, 1.82) is 0 Å². The predicted octanol–water partition coefficient (Wildman–Crippen LogP) is 2.42. The van der Waals surface area contributed by atoms with Crippen molar-refractivity contribution < 1.29 is 9.59 Å². The van der Waals surface area contributed by atoms with Crippen molar-refractivity contribution in [3.63, 3.8) is 0 Å². The lowest BCUT2D eigenvalue weighted by Gasteiger charge is -2.00. The fourth-order valence-electron chi connectivity index (χ4n) is 1.01. The maximum absolute atomic E-state index is 11.2. The van der Waals surface area contributed by atoms with Crippen LogP contribution in [0.1, 0.15) is 22.3 Å². The van der Waals surface area contributed by atoms with Gasteiger partial charge in [-0.05, 0) is 30.7 Å². The zero-order valence-electron chi connectivity index (χ0n) is 7.21. The molecule has 0 aliphatic carbocycles. The van der Waals surface area contributed by atoms with Crippen molar-refractivity contribution in [1.82, 2.24) is 0 Å². The van der Waals surface area contributed by atoms with Crippen LogP contribution in [0, 0.1) is 6.92 Å². The van der Waals surface area contributed by atoms with E-state index in [1.54, 1.807) is 18.2 Å². The van der Waals surface area contributed by atoms with E-state index in [1.807, 2.05) is 6.92 Å². The molecule has 13 heavy (non-hydrogen) atoms. The van der Waals surface area contributed by atoms with E-state index in [9.17, 15) is 9.59 Å². The molecule has 1 aromatic rings. The van der Waals surface area contributed by atoms with Crippen LogP contribution in [0.5, 0.6) is 0 Å². The lowest BCUT2D eigenvalue weighted by atomic mass is 10.1. The molecule has 1 aromatic carbocycles. The van der Waals surface area contributed by atoms with E-state index in [2.05, 4.69) is 0 Å². The number of hydrogen-bond donors (Lipinski definition) is 0. The number of carbonyl (C=O) groups excluding carboxylic acids is 2. The average Bonchev–Trinajstić information content (AvgIpc) is 2.10. The van der Waals surface area contributed by atoms with Gasteiger partial charge in [-0.1, -0.05) is 11.6 Å². The molecule has 0 aliphatic heterocycles. The van der Waals surface area contributed by atoms with Crippen molar-refractivity contribution in [2.75, 3.05) is 0 Å². The van der Waals surface area contributed by atoms with E-state index < -0.39 is 0 Å². The van der Waals surface area contributed by atoms with Crippen molar-refractivity contribution in [2.24, 2.45) is 0 Å².